The molecule has 1 atom stereocenters. The SMILES string of the molecule is CC(C)(C)OC[C@@H](N=[N+]=[N-])C(=O)O. The lowest BCUT2D eigenvalue weighted by molar-refractivity contribution is -0.141. The van der Waals surface area contributed by atoms with Gasteiger partial charge in [0, 0.05) is 4.91 Å². The molecule has 6 nitrogen and oxygen atoms in total. The van der Waals surface area contributed by atoms with Gasteiger partial charge in [-0.3, -0.25) is 4.79 Å². The first-order valence-electron chi connectivity index (χ1n) is 3.78. The molecule has 74 valence electrons. The summed E-state index contributed by atoms with van der Waals surface area (Å²) in [6.45, 7) is 5.27. The van der Waals surface area contributed by atoms with Gasteiger partial charge in [0.15, 0.2) is 6.04 Å². The van der Waals surface area contributed by atoms with E-state index in [1.807, 2.05) is 0 Å². The van der Waals surface area contributed by atoms with E-state index < -0.39 is 17.6 Å². The number of carboxylic acid groups (broad SMARTS) is 1. The molecule has 0 saturated carbocycles. The molecule has 0 spiro atoms. The lowest BCUT2D eigenvalue weighted by Gasteiger charge is -2.20. The molecule has 1 N–H and O–H groups in total. The first-order valence-corrected chi connectivity index (χ1v) is 3.78. The van der Waals surface area contributed by atoms with Gasteiger partial charge in [-0.05, 0) is 26.3 Å². The highest BCUT2D eigenvalue weighted by Crippen LogP contribution is 2.08. The summed E-state index contributed by atoms with van der Waals surface area (Å²) in [5.41, 5.74) is 7.62. The lowest BCUT2D eigenvalue weighted by atomic mass is 10.2. The van der Waals surface area contributed by atoms with Gasteiger partial charge in [0.05, 0.1) is 12.2 Å². The first-order chi connectivity index (χ1) is 5.87. The molecular weight excluding hydrogens is 174 g/mol. The molecule has 0 rings (SSSR count). The Kier molecular flexibility index (Phi) is 4.23. The van der Waals surface area contributed by atoms with E-state index in [0.29, 0.717) is 0 Å². The monoisotopic (exact) mass is 187 g/mol. The summed E-state index contributed by atoms with van der Waals surface area (Å²) in [7, 11) is 0. The van der Waals surface area contributed by atoms with Crippen molar-refractivity contribution in [2.75, 3.05) is 6.61 Å². The fourth-order valence-corrected chi connectivity index (χ4v) is 0.545. The Labute approximate surface area is 76.1 Å². The number of hydrogen-bond donors (Lipinski definition) is 1. The van der Waals surface area contributed by atoms with E-state index in [9.17, 15) is 4.79 Å². The third kappa shape index (κ3) is 5.95. The Balaban J connectivity index is 4.13. The molecule has 0 aliphatic carbocycles. The van der Waals surface area contributed by atoms with Crippen LogP contribution in [-0.2, 0) is 9.53 Å². The number of aliphatic carboxylic acids is 1. The predicted molar refractivity (Wildman–Crippen MR) is 46.3 cm³/mol. The number of azide groups is 1. The molecule has 0 unspecified atom stereocenters. The van der Waals surface area contributed by atoms with Crippen LogP contribution in [0.4, 0.5) is 0 Å². The Hall–Kier alpha value is -1.26. The molecule has 0 aromatic heterocycles. The Morgan fingerprint density at radius 2 is 2.23 bits per heavy atom. The van der Waals surface area contributed by atoms with Crippen LogP contribution in [0.3, 0.4) is 0 Å². The smallest absolute Gasteiger partial charge is 0.314 e. The normalized spacial score (nSPS) is 13.2. The molecule has 6 heteroatoms. The minimum atomic E-state index is -1.18. The highest BCUT2D eigenvalue weighted by Gasteiger charge is 2.19. The summed E-state index contributed by atoms with van der Waals surface area (Å²) in [4.78, 5) is 12.9. The standard InChI is InChI=1S/C7H13N3O3/c1-7(2,3)13-4-5(6(11)12)9-10-8/h5H,4H2,1-3H3,(H,11,12)/t5-/m1/s1. The molecule has 0 fully saturated rings. The van der Waals surface area contributed by atoms with Crippen LogP contribution in [-0.4, -0.2) is 29.3 Å². The van der Waals surface area contributed by atoms with Gasteiger partial charge in [0.25, 0.3) is 0 Å². The van der Waals surface area contributed by atoms with Gasteiger partial charge in [-0.1, -0.05) is 5.11 Å². The summed E-state index contributed by atoms with van der Waals surface area (Å²) in [6.07, 6.45) is 0. The van der Waals surface area contributed by atoms with Gasteiger partial charge in [-0.2, -0.15) is 0 Å². The van der Waals surface area contributed by atoms with Gasteiger partial charge in [-0.25, -0.2) is 0 Å². The second-order valence-electron chi connectivity index (χ2n) is 3.48. The van der Waals surface area contributed by atoms with E-state index in [4.69, 9.17) is 15.4 Å². The number of carbonyl (C=O) groups is 1. The Morgan fingerprint density at radius 1 is 1.69 bits per heavy atom. The van der Waals surface area contributed by atoms with Crippen molar-refractivity contribution in [3.8, 4) is 0 Å². The number of carboxylic acids is 1. The van der Waals surface area contributed by atoms with Crippen LogP contribution in [0, 0.1) is 0 Å². The van der Waals surface area contributed by atoms with Gasteiger partial charge in [0.1, 0.15) is 0 Å². The molecule has 0 amide bonds. The summed E-state index contributed by atoms with van der Waals surface area (Å²) >= 11 is 0. The van der Waals surface area contributed by atoms with Crippen LogP contribution in [0.25, 0.3) is 10.4 Å². The quantitative estimate of drug-likeness (QED) is 0.411. The molecule has 0 radical (unpaired) electrons. The average Bonchev–Trinajstić information content (AvgIpc) is 1.95. The van der Waals surface area contributed by atoms with Crippen molar-refractivity contribution >= 4 is 5.97 Å². The van der Waals surface area contributed by atoms with Crippen LogP contribution in [0.2, 0.25) is 0 Å². The number of hydrogen-bond acceptors (Lipinski definition) is 3. The zero-order valence-electron chi connectivity index (χ0n) is 7.89. The predicted octanol–water partition coefficient (Wildman–Crippen LogP) is 1.57. The minimum absolute atomic E-state index is 0.108. The van der Waals surface area contributed by atoms with Crippen LogP contribution >= 0.6 is 0 Å². The number of nitrogens with zero attached hydrogens (tertiary/aromatic N) is 3. The maximum absolute atomic E-state index is 10.5. The van der Waals surface area contributed by atoms with E-state index in [0.717, 1.165) is 0 Å². The second-order valence-corrected chi connectivity index (χ2v) is 3.48. The van der Waals surface area contributed by atoms with Crippen molar-refractivity contribution in [2.45, 2.75) is 32.4 Å². The average molecular weight is 187 g/mol. The van der Waals surface area contributed by atoms with Gasteiger partial charge in [-0.15, -0.1) is 0 Å². The maximum Gasteiger partial charge on any atom is 0.314 e. The first kappa shape index (κ1) is 11.7. The Morgan fingerprint density at radius 3 is 2.54 bits per heavy atom. The molecule has 0 aromatic carbocycles. The zero-order chi connectivity index (χ0) is 10.5. The fourth-order valence-electron chi connectivity index (χ4n) is 0.545. The summed E-state index contributed by atoms with van der Waals surface area (Å²) in [5, 5.41) is 11.6. The molecule has 0 aliphatic heterocycles. The van der Waals surface area contributed by atoms with Crippen molar-refractivity contribution in [3.63, 3.8) is 0 Å². The van der Waals surface area contributed by atoms with Gasteiger partial charge in [0.2, 0.25) is 0 Å². The van der Waals surface area contributed by atoms with Crippen LogP contribution in [0.15, 0.2) is 5.11 Å². The summed E-state index contributed by atoms with van der Waals surface area (Å²) in [5.74, 6) is -1.18. The highest BCUT2D eigenvalue weighted by atomic mass is 16.5. The van der Waals surface area contributed by atoms with E-state index in [2.05, 4.69) is 10.0 Å². The Bertz CT molecular complexity index is 226. The van der Waals surface area contributed by atoms with Crippen LogP contribution < -0.4 is 0 Å². The summed E-state index contributed by atoms with van der Waals surface area (Å²) in [6, 6.07) is -1.15. The van der Waals surface area contributed by atoms with Crippen LogP contribution in [0.5, 0.6) is 0 Å². The van der Waals surface area contributed by atoms with Crippen molar-refractivity contribution < 1.29 is 14.6 Å². The molecule has 0 bridgehead atoms. The molecule has 0 aliphatic rings. The van der Waals surface area contributed by atoms with Crippen LogP contribution in [0.1, 0.15) is 20.8 Å². The van der Waals surface area contributed by atoms with Crippen molar-refractivity contribution in [3.05, 3.63) is 10.4 Å². The lowest BCUT2D eigenvalue weighted by Crippen LogP contribution is -2.29. The van der Waals surface area contributed by atoms with Crippen molar-refractivity contribution in [2.24, 2.45) is 5.11 Å². The fraction of sp³-hybridized carbons (Fsp3) is 0.857. The van der Waals surface area contributed by atoms with E-state index in [1.165, 1.54) is 0 Å². The molecule has 0 heterocycles. The van der Waals surface area contributed by atoms with Crippen molar-refractivity contribution in [1.29, 1.82) is 0 Å². The maximum atomic E-state index is 10.5. The molecular formula is C7H13N3O3. The number of rotatable bonds is 4. The van der Waals surface area contributed by atoms with E-state index in [1.54, 1.807) is 20.8 Å². The third-order valence-electron chi connectivity index (χ3n) is 1.15. The number of ether oxygens (including phenoxy) is 1. The topological polar surface area (TPSA) is 95.3 Å². The second kappa shape index (κ2) is 4.69. The zero-order valence-corrected chi connectivity index (χ0v) is 7.89. The highest BCUT2D eigenvalue weighted by molar-refractivity contribution is 5.73. The van der Waals surface area contributed by atoms with Crippen molar-refractivity contribution in [1.82, 2.24) is 0 Å². The summed E-state index contributed by atoms with van der Waals surface area (Å²) < 4.78 is 5.16. The minimum Gasteiger partial charge on any atom is -0.481 e. The van der Waals surface area contributed by atoms with Gasteiger partial charge >= 0.3 is 5.97 Å². The van der Waals surface area contributed by atoms with E-state index in [-0.39, 0.29) is 6.61 Å². The third-order valence-corrected chi connectivity index (χ3v) is 1.15. The molecule has 13 heavy (non-hydrogen) atoms. The molecule has 0 aromatic rings. The molecule has 0 saturated heterocycles. The largest absolute Gasteiger partial charge is 0.481 e. The van der Waals surface area contributed by atoms with Gasteiger partial charge < -0.3 is 9.84 Å². The van der Waals surface area contributed by atoms with E-state index >= 15 is 0 Å².